The van der Waals surface area contributed by atoms with Crippen LogP contribution in [0.2, 0.25) is 0 Å². The van der Waals surface area contributed by atoms with Gasteiger partial charge in [0.1, 0.15) is 5.82 Å². The van der Waals surface area contributed by atoms with Gasteiger partial charge in [0.05, 0.1) is 0 Å². The molecule has 0 aliphatic rings. The standard InChI is InChI=1S/C13H22N4O/c1-4-17(5-2)13(18)7-9-15-11-6-8-16-12(10-11)14-3/h6,8,10H,4-5,7,9H2,1-3H3,(H2,14,15,16). The number of anilines is 2. The molecule has 1 aromatic rings. The van der Waals surface area contributed by atoms with Gasteiger partial charge in [-0.15, -0.1) is 0 Å². The molecule has 0 unspecified atom stereocenters. The van der Waals surface area contributed by atoms with Gasteiger partial charge < -0.3 is 15.5 Å². The second-order valence-electron chi connectivity index (χ2n) is 3.92. The van der Waals surface area contributed by atoms with E-state index in [9.17, 15) is 4.79 Å². The van der Waals surface area contributed by atoms with Gasteiger partial charge in [0.15, 0.2) is 0 Å². The average molecular weight is 250 g/mol. The van der Waals surface area contributed by atoms with Gasteiger partial charge in [0.2, 0.25) is 5.91 Å². The monoisotopic (exact) mass is 250 g/mol. The molecule has 100 valence electrons. The first-order valence-electron chi connectivity index (χ1n) is 6.36. The molecule has 1 amide bonds. The third-order valence-electron chi connectivity index (χ3n) is 2.80. The summed E-state index contributed by atoms with van der Waals surface area (Å²) in [6.07, 6.45) is 2.25. The molecule has 5 heteroatoms. The largest absolute Gasteiger partial charge is 0.384 e. The van der Waals surface area contributed by atoms with Crippen LogP contribution in [0.25, 0.3) is 0 Å². The molecular formula is C13H22N4O. The molecule has 0 spiro atoms. The van der Waals surface area contributed by atoms with Gasteiger partial charge in [-0.2, -0.15) is 0 Å². The van der Waals surface area contributed by atoms with Gasteiger partial charge in [0, 0.05) is 51.1 Å². The van der Waals surface area contributed by atoms with Crippen molar-refractivity contribution < 1.29 is 4.79 Å². The number of aromatic nitrogens is 1. The summed E-state index contributed by atoms with van der Waals surface area (Å²) < 4.78 is 0. The van der Waals surface area contributed by atoms with Gasteiger partial charge in [-0.25, -0.2) is 4.98 Å². The van der Waals surface area contributed by atoms with Gasteiger partial charge in [-0.1, -0.05) is 0 Å². The van der Waals surface area contributed by atoms with Crippen LogP contribution in [0.3, 0.4) is 0 Å². The smallest absolute Gasteiger partial charge is 0.224 e. The van der Waals surface area contributed by atoms with E-state index >= 15 is 0 Å². The Morgan fingerprint density at radius 1 is 1.39 bits per heavy atom. The Morgan fingerprint density at radius 3 is 2.72 bits per heavy atom. The highest BCUT2D eigenvalue weighted by Gasteiger charge is 2.08. The van der Waals surface area contributed by atoms with E-state index in [2.05, 4.69) is 15.6 Å². The zero-order chi connectivity index (χ0) is 13.4. The summed E-state index contributed by atoms with van der Waals surface area (Å²) in [5.41, 5.74) is 0.974. The lowest BCUT2D eigenvalue weighted by Crippen LogP contribution is -2.31. The molecule has 0 saturated carbocycles. The number of nitrogens with zero attached hydrogens (tertiary/aromatic N) is 2. The first-order valence-corrected chi connectivity index (χ1v) is 6.36. The number of carbonyl (C=O) groups is 1. The fraction of sp³-hybridized carbons (Fsp3) is 0.538. The molecule has 0 atom stereocenters. The van der Waals surface area contributed by atoms with Crippen LogP contribution in [0, 0.1) is 0 Å². The van der Waals surface area contributed by atoms with E-state index in [1.54, 1.807) is 6.20 Å². The van der Waals surface area contributed by atoms with E-state index in [0.717, 1.165) is 24.6 Å². The minimum atomic E-state index is 0.190. The fourth-order valence-corrected chi connectivity index (χ4v) is 1.73. The highest BCUT2D eigenvalue weighted by molar-refractivity contribution is 5.76. The molecule has 0 aromatic carbocycles. The molecule has 0 fully saturated rings. The molecule has 0 bridgehead atoms. The van der Waals surface area contributed by atoms with Gasteiger partial charge in [0.25, 0.3) is 0 Å². The van der Waals surface area contributed by atoms with Crippen LogP contribution in [-0.4, -0.2) is 42.5 Å². The molecule has 0 radical (unpaired) electrons. The molecule has 0 aliphatic carbocycles. The summed E-state index contributed by atoms with van der Waals surface area (Å²) in [6.45, 7) is 6.18. The van der Waals surface area contributed by atoms with Crippen molar-refractivity contribution in [2.75, 3.05) is 37.3 Å². The minimum absolute atomic E-state index is 0.190. The predicted molar refractivity (Wildman–Crippen MR) is 74.8 cm³/mol. The summed E-state index contributed by atoms with van der Waals surface area (Å²) in [4.78, 5) is 17.7. The maximum Gasteiger partial charge on any atom is 0.224 e. The van der Waals surface area contributed by atoms with E-state index in [1.807, 2.05) is 37.9 Å². The zero-order valence-corrected chi connectivity index (χ0v) is 11.4. The molecule has 2 N–H and O–H groups in total. The lowest BCUT2D eigenvalue weighted by Gasteiger charge is -2.18. The lowest BCUT2D eigenvalue weighted by molar-refractivity contribution is -0.130. The molecular weight excluding hydrogens is 228 g/mol. The fourth-order valence-electron chi connectivity index (χ4n) is 1.73. The van der Waals surface area contributed by atoms with E-state index in [4.69, 9.17) is 0 Å². The maximum atomic E-state index is 11.8. The number of amides is 1. The second-order valence-corrected chi connectivity index (χ2v) is 3.92. The Bertz CT molecular complexity index is 377. The van der Waals surface area contributed by atoms with Gasteiger partial charge in [-0.05, 0) is 19.9 Å². The highest BCUT2D eigenvalue weighted by atomic mass is 16.2. The van der Waals surface area contributed by atoms with E-state index < -0.39 is 0 Å². The van der Waals surface area contributed by atoms with Crippen LogP contribution in [-0.2, 0) is 4.79 Å². The first-order chi connectivity index (χ1) is 8.71. The number of rotatable bonds is 7. The summed E-state index contributed by atoms with van der Waals surface area (Å²) in [6, 6.07) is 3.81. The minimum Gasteiger partial charge on any atom is -0.384 e. The molecule has 1 heterocycles. The molecule has 0 aliphatic heterocycles. The Morgan fingerprint density at radius 2 is 2.11 bits per heavy atom. The Hall–Kier alpha value is -1.78. The van der Waals surface area contributed by atoms with Crippen molar-refractivity contribution in [3.8, 4) is 0 Å². The van der Waals surface area contributed by atoms with Crippen LogP contribution in [0.1, 0.15) is 20.3 Å². The van der Waals surface area contributed by atoms with Gasteiger partial charge in [-0.3, -0.25) is 4.79 Å². The van der Waals surface area contributed by atoms with Crippen LogP contribution in [0.15, 0.2) is 18.3 Å². The van der Waals surface area contributed by atoms with Crippen LogP contribution >= 0.6 is 0 Å². The average Bonchev–Trinajstić information content (AvgIpc) is 2.40. The highest BCUT2D eigenvalue weighted by Crippen LogP contribution is 2.11. The summed E-state index contributed by atoms with van der Waals surface area (Å²) >= 11 is 0. The summed E-state index contributed by atoms with van der Waals surface area (Å²) in [7, 11) is 1.83. The number of pyridine rings is 1. The first kappa shape index (κ1) is 14.3. The lowest BCUT2D eigenvalue weighted by atomic mass is 10.3. The van der Waals surface area contributed by atoms with E-state index in [-0.39, 0.29) is 5.91 Å². The number of hydrogen-bond donors (Lipinski definition) is 2. The second kappa shape index (κ2) is 7.53. The van der Waals surface area contributed by atoms with Crippen LogP contribution in [0.4, 0.5) is 11.5 Å². The third-order valence-corrected chi connectivity index (χ3v) is 2.80. The van der Waals surface area contributed by atoms with Crippen molar-refractivity contribution in [2.45, 2.75) is 20.3 Å². The van der Waals surface area contributed by atoms with Gasteiger partial charge >= 0.3 is 0 Å². The van der Waals surface area contributed by atoms with Crippen molar-refractivity contribution in [3.63, 3.8) is 0 Å². The molecule has 0 saturated heterocycles. The normalized spacial score (nSPS) is 9.94. The summed E-state index contributed by atoms with van der Waals surface area (Å²) in [5.74, 6) is 1.01. The van der Waals surface area contributed by atoms with E-state index in [1.165, 1.54) is 0 Å². The molecule has 1 rings (SSSR count). The predicted octanol–water partition coefficient (Wildman–Crippen LogP) is 1.79. The van der Waals surface area contributed by atoms with E-state index in [0.29, 0.717) is 13.0 Å². The Balaban J connectivity index is 2.39. The zero-order valence-electron chi connectivity index (χ0n) is 11.4. The Kier molecular flexibility index (Phi) is 5.97. The van der Waals surface area contributed by atoms with Crippen molar-refractivity contribution in [1.29, 1.82) is 0 Å². The van der Waals surface area contributed by atoms with Crippen molar-refractivity contribution in [1.82, 2.24) is 9.88 Å². The maximum absolute atomic E-state index is 11.8. The topological polar surface area (TPSA) is 57.3 Å². The Labute approximate surface area is 109 Å². The number of carbonyl (C=O) groups excluding carboxylic acids is 1. The SMILES string of the molecule is CCN(CC)C(=O)CCNc1ccnc(NC)c1. The van der Waals surface area contributed by atoms with Crippen molar-refractivity contribution in [3.05, 3.63) is 18.3 Å². The van der Waals surface area contributed by atoms with Crippen molar-refractivity contribution in [2.24, 2.45) is 0 Å². The van der Waals surface area contributed by atoms with Crippen LogP contribution in [0.5, 0.6) is 0 Å². The quantitative estimate of drug-likeness (QED) is 0.774. The van der Waals surface area contributed by atoms with Crippen LogP contribution < -0.4 is 10.6 Å². The molecule has 5 nitrogen and oxygen atoms in total. The van der Waals surface area contributed by atoms with Crippen molar-refractivity contribution >= 4 is 17.4 Å². The molecule has 1 aromatic heterocycles. The molecule has 18 heavy (non-hydrogen) atoms. The number of hydrogen-bond acceptors (Lipinski definition) is 4. The summed E-state index contributed by atoms with van der Waals surface area (Å²) in [5, 5.41) is 6.20. The third kappa shape index (κ3) is 4.24. The number of nitrogens with one attached hydrogen (secondary N) is 2.